The second-order valence-electron chi connectivity index (χ2n) is 7.32. The maximum Gasteiger partial charge on any atom is 0.251 e. The minimum absolute atomic E-state index is 0.0602. The summed E-state index contributed by atoms with van der Waals surface area (Å²) in [5.74, 6) is 1.90. The van der Waals surface area contributed by atoms with Gasteiger partial charge in [-0.2, -0.15) is 5.26 Å². The molecule has 1 aromatic carbocycles. The molecule has 1 aliphatic rings. The van der Waals surface area contributed by atoms with E-state index in [4.69, 9.17) is 4.74 Å². The number of piperidine rings is 1. The summed E-state index contributed by atoms with van der Waals surface area (Å²) in [5, 5.41) is 12.3. The van der Waals surface area contributed by atoms with Gasteiger partial charge in [0.05, 0.1) is 11.7 Å². The molecule has 1 aromatic heterocycles. The van der Waals surface area contributed by atoms with Crippen molar-refractivity contribution in [2.24, 2.45) is 5.92 Å². The fourth-order valence-electron chi connectivity index (χ4n) is 3.38. The third-order valence-electron chi connectivity index (χ3n) is 4.86. The Morgan fingerprint density at radius 1 is 1.29 bits per heavy atom. The number of pyridine rings is 1. The minimum atomic E-state index is -0.0602. The Labute approximate surface area is 166 Å². The topological polar surface area (TPSA) is 78.2 Å². The number of rotatable bonds is 6. The highest BCUT2D eigenvalue weighted by atomic mass is 16.5. The first kappa shape index (κ1) is 19.7. The number of hydrogen-bond acceptors (Lipinski definition) is 5. The standard InChI is InChI=1S/C22H26N4O2/c1-16(2)28-20-7-5-18(6-8-20)22(27)25-15-17-9-12-26(13-10-17)21-19(14-23)4-3-11-24-21/h3-8,11,16-17H,9-10,12-13,15H2,1-2H3,(H,25,27). The highest BCUT2D eigenvalue weighted by Gasteiger charge is 2.22. The van der Waals surface area contributed by atoms with Gasteiger partial charge in [-0.05, 0) is 69.0 Å². The van der Waals surface area contributed by atoms with E-state index in [1.54, 1.807) is 30.5 Å². The van der Waals surface area contributed by atoms with Crippen LogP contribution in [0.15, 0.2) is 42.6 Å². The maximum absolute atomic E-state index is 12.4. The summed E-state index contributed by atoms with van der Waals surface area (Å²) in [5.41, 5.74) is 1.25. The number of benzene rings is 1. The number of ether oxygens (including phenoxy) is 1. The first-order chi connectivity index (χ1) is 13.6. The Hall–Kier alpha value is -3.07. The molecule has 0 unspecified atom stereocenters. The molecular formula is C22H26N4O2. The first-order valence-electron chi connectivity index (χ1n) is 9.72. The van der Waals surface area contributed by atoms with Crippen molar-refractivity contribution in [3.63, 3.8) is 0 Å². The fraction of sp³-hybridized carbons (Fsp3) is 0.409. The Kier molecular flexibility index (Phi) is 6.49. The van der Waals surface area contributed by atoms with Gasteiger partial charge in [-0.15, -0.1) is 0 Å². The molecule has 1 aliphatic heterocycles. The van der Waals surface area contributed by atoms with Crippen molar-refractivity contribution < 1.29 is 9.53 Å². The third-order valence-corrected chi connectivity index (χ3v) is 4.86. The zero-order chi connectivity index (χ0) is 19.9. The summed E-state index contributed by atoms with van der Waals surface area (Å²) < 4.78 is 5.61. The summed E-state index contributed by atoms with van der Waals surface area (Å²) in [4.78, 5) is 18.9. The number of aromatic nitrogens is 1. The van der Waals surface area contributed by atoms with Crippen molar-refractivity contribution in [2.45, 2.75) is 32.8 Å². The van der Waals surface area contributed by atoms with E-state index < -0.39 is 0 Å². The van der Waals surface area contributed by atoms with E-state index in [-0.39, 0.29) is 12.0 Å². The first-order valence-corrected chi connectivity index (χ1v) is 9.72. The van der Waals surface area contributed by atoms with Crippen LogP contribution >= 0.6 is 0 Å². The van der Waals surface area contributed by atoms with Crippen molar-refractivity contribution in [3.8, 4) is 11.8 Å². The number of amides is 1. The molecule has 1 N–H and O–H groups in total. The van der Waals surface area contributed by atoms with E-state index in [0.29, 0.717) is 23.6 Å². The SMILES string of the molecule is CC(C)Oc1ccc(C(=O)NCC2CCN(c3ncccc3C#N)CC2)cc1. The molecule has 0 spiro atoms. The van der Waals surface area contributed by atoms with Gasteiger partial charge in [0.25, 0.3) is 5.91 Å². The van der Waals surface area contributed by atoms with Gasteiger partial charge >= 0.3 is 0 Å². The van der Waals surface area contributed by atoms with Crippen LogP contribution < -0.4 is 15.0 Å². The molecule has 2 heterocycles. The number of carbonyl (C=O) groups is 1. The molecule has 3 rings (SSSR count). The van der Waals surface area contributed by atoms with Crippen molar-refractivity contribution in [1.82, 2.24) is 10.3 Å². The van der Waals surface area contributed by atoms with E-state index in [1.165, 1.54) is 0 Å². The van der Waals surface area contributed by atoms with Crippen LogP contribution in [0, 0.1) is 17.2 Å². The van der Waals surface area contributed by atoms with E-state index in [0.717, 1.165) is 37.5 Å². The lowest BCUT2D eigenvalue weighted by molar-refractivity contribution is 0.0945. The Morgan fingerprint density at radius 3 is 2.64 bits per heavy atom. The number of hydrogen-bond donors (Lipinski definition) is 1. The van der Waals surface area contributed by atoms with Gasteiger partial charge in [0, 0.05) is 31.4 Å². The zero-order valence-corrected chi connectivity index (χ0v) is 16.4. The number of nitrogens with zero attached hydrogens (tertiary/aromatic N) is 3. The molecule has 1 amide bonds. The van der Waals surface area contributed by atoms with E-state index in [1.807, 2.05) is 26.0 Å². The zero-order valence-electron chi connectivity index (χ0n) is 16.4. The van der Waals surface area contributed by atoms with Crippen LogP contribution in [-0.2, 0) is 0 Å². The van der Waals surface area contributed by atoms with Crippen molar-refractivity contribution in [2.75, 3.05) is 24.5 Å². The average Bonchev–Trinajstić information content (AvgIpc) is 2.72. The van der Waals surface area contributed by atoms with Gasteiger partial charge in [0.1, 0.15) is 17.6 Å². The highest BCUT2D eigenvalue weighted by Crippen LogP contribution is 2.24. The second kappa shape index (κ2) is 9.23. The number of nitriles is 1. The predicted molar refractivity (Wildman–Crippen MR) is 108 cm³/mol. The molecule has 0 radical (unpaired) electrons. The van der Waals surface area contributed by atoms with Crippen molar-refractivity contribution >= 4 is 11.7 Å². The smallest absolute Gasteiger partial charge is 0.251 e. The molecule has 2 aromatic rings. The third kappa shape index (κ3) is 5.01. The second-order valence-corrected chi connectivity index (χ2v) is 7.32. The number of anilines is 1. The van der Waals surface area contributed by atoms with Gasteiger partial charge in [-0.3, -0.25) is 4.79 Å². The monoisotopic (exact) mass is 378 g/mol. The van der Waals surface area contributed by atoms with Crippen molar-refractivity contribution in [3.05, 3.63) is 53.7 Å². The summed E-state index contributed by atoms with van der Waals surface area (Å²) >= 11 is 0. The van der Waals surface area contributed by atoms with E-state index in [2.05, 4.69) is 21.3 Å². The van der Waals surface area contributed by atoms with Gasteiger partial charge in [-0.25, -0.2) is 4.98 Å². The lowest BCUT2D eigenvalue weighted by atomic mass is 9.96. The van der Waals surface area contributed by atoms with Crippen LogP contribution in [0.25, 0.3) is 0 Å². The lowest BCUT2D eigenvalue weighted by Crippen LogP contribution is -2.39. The van der Waals surface area contributed by atoms with Crippen LogP contribution in [0.4, 0.5) is 5.82 Å². The van der Waals surface area contributed by atoms with Crippen LogP contribution in [0.2, 0.25) is 0 Å². The summed E-state index contributed by atoms with van der Waals surface area (Å²) in [7, 11) is 0. The molecule has 1 saturated heterocycles. The molecule has 0 saturated carbocycles. The predicted octanol–water partition coefficient (Wildman–Crippen LogP) is 3.39. The molecule has 0 aliphatic carbocycles. The van der Waals surface area contributed by atoms with Crippen LogP contribution in [0.1, 0.15) is 42.6 Å². The summed E-state index contributed by atoms with van der Waals surface area (Å²) in [6.07, 6.45) is 3.76. The highest BCUT2D eigenvalue weighted by molar-refractivity contribution is 5.94. The number of nitrogens with one attached hydrogen (secondary N) is 1. The molecule has 0 bridgehead atoms. The molecule has 1 fully saturated rings. The Morgan fingerprint density at radius 2 is 2.00 bits per heavy atom. The van der Waals surface area contributed by atoms with E-state index in [9.17, 15) is 10.1 Å². The quantitative estimate of drug-likeness (QED) is 0.834. The van der Waals surface area contributed by atoms with Crippen LogP contribution in [0.3, 0.4) is 0 Å². The van der Waals surface area contributed by atoms with Gasteiger partial charge in [0.2, 0.25) is 0 Å². The Bertz CT molecular complexity index is 834. The maximum atomic E-state index is 12.4. The van der Waals surface area contributed by atoms with Gasteiger partial charge in [0.15, 0.2) is 0 Å². The van der Waals surface area contributed by atoms with Crippen molar-refractivity contribution in [1.29, 1.82) is 5.26 Å². The summed E-state index contributed by atoms with van der Waals surface area (Å²) in [6.45, 7) is 6.28. The van der Waals surface area contributed by atoms with Gasteiger partial charge in [-0.1, -0.05) is 0 Å². The minimum Gasteiger partial charge on any atom is -0.491 e. The molecule has 0 atom stereocenters. The Balaban J connectivity index is 1.47. The van der Waals surface area contributed by atoms with Gasteiger partial charge < -0.3 is 15.0 Å². The van der Waals surface area contributed by atoms with E-state index >= 15 is 0 Å². The molecule has 6 nitrogen and oxygen atoms in total. The largest absolute Gasteiger partial charge is 0.491 e. The average molecular weight is 378 g/mol. The summed E-state index contributed by atoms with van der Waals surface area (Å²) in [6, 6.07) is 13.0. The fourth-order valence-corrected chi connectivity index (χ4v) is 3.38. The number of carbonyl (C=O) groups excluding carboxylic acids is 1. The molecule has 6 heteroatoms. The molecule has 28 heavy (non-hydrogen) atoms. The lowest BCUT2D eigenvalue weighted by Gasteiger charge is -2.33. The normalized spacial score (nSPS) is 14.6. The molecule has 146 valence electrons. The van der Waals surface area contributed by atoms with Crippen LogP contribution in [0.5, 0.6) is 5.75 Å². The van der Waals surface area contributed by atoms with Crippen LogP contribution in [-0.4, -0.2) is 36.6 Å². The molecular weight excluding hydrogens is 352 g/mol.